The smallest absolute Gasteiger partial charge is 0.308 e. The Morgan fingerprint density at radius 1 is 1.00 bits per heavy atom. The zero-order valence-corrected chi connectivity index (χ0v) is 20.8. The van der Waals surface area contributed by atoms with Crippen LogP contribution in [-0.4, -0.2) is 68.4 Å². The monoisotopic (exact) mass is 488 g/mol. The molecule has 1 aromatic heterocycles. The molecule has 1 amide bonds. The molecule has 0 bridgehead atoms. The molecular formula is C23H28N4O4S2. The average molecular weight is 489 g/mol. The summed E-state index contributed by atoms with van der Waals surface area (Å²) >= 11 is 1.06. The Balaban J connectivity index is 1.48. The van der Waals surface area contributed by atoms with E-state index >= 15 is 0 Å². The van der Waals surface area contributed by atoms with Crippen molar-refractivity contribution in [3.05, 3.63) is 57.7 Å². The minimum absolute atomic E-state index is 0.00148. The van der Waals surface area contributed by atoms with Crippen molar-refractivity contribution in [1.82, 2.24) is 13.8 Å². The van der Waals surface area contributed by atoms with Gasteiger partial charge in [0.15, 0.2) is 0 Å². The molecule has 0 unspecified atom stereocenters. The number of hydrogen-bond acceptors (Lipinski definition) is 6. The Morgan fingerprint density at radius 2 is 1.64 bits per heavy atom. The first kappa shape index (κ1) is 23.5. The second-order valence-corrected chi connectivity index (χ2v) is 11.5. The largest absolute Gasteiger partial charge is 0.378 e. The predicted molar refractivity (Wildman–Crippen MR) is 132 cm³/mol. The quantitative estimate of drug-likeness (QED) is 0.552. The van der Waals surface area contributed by atoms with Crippen LogP contribution in [0.2, 0.25) is 0 Å². The van der Waals surface area contributed by atoms with Crippen LogP contribution in [0.1, 0.15) is 30.2 Å². The molecule has 1 saturated heterocycles. The molecule has 0 spiro atoms. The lowest BCUT2D eigenvalue weighted by molar-refractivity contribution is 0.0698. The Kier molecular flexibility index (Phi) is 6.35. The fourth-order valence-electron chi connectivity index (χ4n) is 4.03. The number of hydrogen-bond donors (Lipinski definition) is 0. The van der Waals surface area contributed by atoms with Crippen LogP contribution in [0, 0.1) is 0 Å². The SMILES string of the molecule is CC(C)n1c(=O)sc2cc(S(=O)(=O)N3CCN(C(=O)c4ccc(N(C)C)cc4)CC3)ccc21. The Bertz CT molecular complexity index is 1330. The number of carbonyl (C=O) groups excluding carboxylic acids is 1. The van der Waals surface area contributed by atoms with E-state index in [9.17, 15) is 18.0 Å². The van der Waals surface area contributed by atoms with Gasteiger partial charge in [0.2, 0.25) is 10.0 Å². The van der Waals surface area contributed by atoms with Crippen molar-refractivity contribution in [2.75, 3.05) is 45.2 Å². The van der Waals surface area contributed by atoms with E-state index in [-0.39, 0.29) is 34.8 Å². The van der Waals surface area contributed by atoms with Crippen LogP contribution in [-0.2, 0) is 10.0 Å². The third kappa shape index (κ3) is 4.42. The van der Waals surface area contributed by atoms with E-state index in [1.807, 2.05) is 45.0 Å². The molecule has 0 saturated carbocycles. The van der Waals surface area contributed by atoms with Crippen LogP contribution < -0.4 is 9.77 Å². The van der Waals surface area contributed by atoms with Gasteiger partial charge in [0.05, 0.1) is 15.1 Å². The molecule has 0 radical (unpaired) electrons. The number of rotatable bonds is 5. The second-order valence-electron chi connectivity index (χ2n) is 8.60. The summed E-state index contributed by atoms with van der Waals surface area (Å²) in [5.74, 6) is -0.0985. The molecule has 2 aromatic carbocycles. The maximum atomic E-state index is 13.2. The van der Waals surface area contributed by atoms with Crippen LogP contribution in [0.3, 0.4) is 0 Å². The number of anilines is 1. The summed E-state index contributed by atoms with van der Waals surface area (Å²) in [6, 6.07) is 12.2. The molecule has 0 atom stereocenters. The van der Waals surface area contributed by atoms with Crippen LogP contribution in [0.15, 0.2) is 52.2 Å². The second kappa shape index (κ2) is 8.92. The molecule has 176 valence electrons. The van der Waals surface area contributed by atoms with Crippen molar-refractivity contribution in [3.8, 4) is 0 Å². The van der Waals surface area contributed by atoms with Gasteiger partial charge in [-0.1, -0.05) is 11.3 Å². The number of nitrogens with zero attached hydrogens (tertiary/aromatic N) is 4. The first-order chi connectivity index (χ1) is 15.6. The lowest BCUT2D eigenvalue weighted by Gasteiger charge is -2.34. The van der Waals surface area contributed by atoms with Crippen molar-refractivity contribution in [2.45, 2.75) is 24.8 Å². The number of thiazole rings is 1. The summed E-state index contributed by atoms with van der Waals surface area (Å²) in [7, 11) is 0.157. The van der Waals surface area contributed by atoms with E-state index in [4.69, 9.17) is 0 Å². The molecule has 33 heavy (non-hydrogen) atoms. The average Bonchev–Trinajstić information content (AvgIpc) is 3.13. The predicted octanol–water partition coefficient (Wildman–Crippen LogP) is 2.86. The number of sulfonamides is 1. The summed E-state index contributed by atoms with van der Waals surface area (Å²) in [5.41, 5.74) is 2.34. The lowest BCUT2D eigenvalue weighted by atomic mass is 10.1. The Hall–Kier alpha value is -2.69. The number of benzene rings is 2. The highest BCUT2D eigenvalue weighted by Gasteiger charge is 2.31. The molecule has 4 rings (SSSR count). The van der Waals surface area contributed by atoms with Crippen LogP contribution in [0.4, 0.5) is 5.69 Å². The summed E-state index contributed by atoms with van der Waals surface area (Å²) in [5, 5.41) is 0. The summed E-state index contributed by atoms with van der Waals surface area (Å²) in [6.07, 6.45) is 0. The molecule has 1 fully saturated rings. The van der Waals surface area contributed by atoms with E-state index in [1.54, 1.807) is 39.8 Å². The van der Waals surface area contributed by atoms with Crippen molar-refractivity contribution in [3.63, 3.8) is 0 Å². The topological polar surface area (TPSA) is 82.9 Å². The molecule has 8 nitrogen and oxygen atoms in total. The first-order valence-electron chi connectivity index (χ1n) is 10.8. The minimum Gasteiger partial charge on any atom is -0.378 e. The molecule has 10 heteroatoms. The number of carbonyl (C=O) groups is 1. The molecular weight excluding hydrogens is 460 g/mol. The maximum Gasteiger partial charge on any atom is 0.308 e. The molecule has 0 aliphatic carbocycles. The van der Waals surface area contributed by atoms with Gasteiger partial charge < -0.3 is 9.80 Å². The van der Waals surface area contributed by atoms with E-state index in [2.05, 4.69) is 0 Å². The number of amides is 1. The van der Waals surface area contributed by atoms with Crippen molar-refractivity contribution >= 4 is 43.2 Å². The third-order valence-corrected chi connectivity index (χ3v) is 8.71. The maximum absolute atomic E-state index is 13.2. The van der Waals surface area contributed by atoms with Crippen LogP contribution in [0.25, 0.3) is 10.2 Å². The number of aromatic nitrogens is 1. The first-order valence-corrected chi connectivity index (χ1v) is 13.1. The van der Waals surface area contributed by atoms with E-state index in [0.29, 0.717) is 23.4 Å². The summed E-state index contributed by atoms with van der Waals surface area (Å²) < 4.78 is 30.2. The van der Waals surface area contributed by atoms with Gasteiger partial charge in [0, 0.05) is 57.6 Å². The Labute approximate surface area is 197 Å². The van der Waals surface area contributed by atoms with Crippen LogP contribution >= 0.6 is 11.3 Å². The zero-order chi connectivity index (χ0) is 23.9. The summed E-state index contributed by atoms with van der Waals surface area (Å²) in [4.78, 5) is 28.9. The highest BCUT2D eigenvalue weighted by atomic mass is 32.2. The van der Waals surface area contributed by atoms with Gasteiger partial charge in [-0.25, -0.2) is 8.42 Å². The van der Waals surface area contributed by atoms with Gasteiger partial charge in [-0.15, -0.1) is 0 Å². The minimum atomic E-state index is -3.72. The Morgan fingerprint density at radius 3 is 2.21 bits per heavy atom. The van der Waals surface area contributed by atoms with Gasteiger partial charge in [0.25, 0.3) is 5.91 Å². The van der Waals surface area contributed by atoms with Gasteiger partial charge in [-0.3, -0.25) is 14.2 Å². The van der Waals surface area contributed by atoms with Gasteiger partial charge in [-0.05, 0) is 56.3 Å². The lowest BCUT2D eigenvalue weighted by Crippen LogP contribution is -2.50. The molecule has 0 N–H and O–H groups in total. The van der Waals surface area contributed by atoms with E-state index in [0.717, 1.165) is 22.5 Å². The standard InChI is InChI=1S/C23H28N4O4S2/c1-16(2)27-20-10-9-19(15-21(20)32-23(27)29)33(30,31)26-13-11-25(12-14-26)22(28)17-5-7-18(8-6-17)24(3)4/h5-10,15-16H,11-14H2,1-4H3. The fraction of sp³-hybridized carbons (Fsp3) is 0.391. The van der Waals surface area contributed by atoms with Gasteiger partial charge in [0.1, 0.15) is 0 Å². The highest BCUT2D eigenvalue weighted by Crippen LogP contribution is 2.26. The van der Waals surface area contributed by atoms with Gasteiger partial charge in [-0.2, -0.15) is 4.31 Å². The van der Waals surface area contributed by atoms with Crippen molar-refractivity contribution in [1.29, 1.82) is 0 Å². The molecule has 2 heterocycles. The normalized spacial score (nSPS) is 15.4. The van der Waals surface area contributed by atoms with Crippen molar-refractivity contribution in [2.24, 2.45) is 0 Å². The van der Waals surface area contributed by atoms with Gasteiger partial charge >= 0.3 is 4.87 Å². The van der Waals surface area contributed by atoms with Crippen LogP contribution in [0.5, 0.6) is 0 Å². The van der Waals surface area contributed by atoms with Crippen molar-refractivity contribution < 1.29 is 13.2 Å². The summed E-state index contributed by atoms with van der Waals surface area (Å²) in [6.45, 7) is 4.96. The zero-order valence-electron chi connectivity index (χ0n) is 19.2. The number of fused-ring (bicyclic) bond motifs is 1. The van der Waals surface area contributed by atoms with E-state index in [1.165, 1.54) is 4.31 Å². The van der Waals surface area contributed by atoms with E-state index < -0.39 is 10.0 Å². The highest BCUT2D eigenvalue weighted by molar-refractivity contribution is 7.89. The third-order valence-electron chi connectivity index (χ3n) is 5.90. The number of piperazine rings is 1. The molecule has 1 aliphatic heterocycles. The fourth-order valence-corrected chi connectivity index (χ4v) is 6.61. The molecule has 1 aliphatic rings. The molecule has 3 aromatic rings.